The third-order valence-corrected chi connectivity index (χ3v) is 3.19. The Morgan fingerprint density at radius 2 is 2.36 bits per heavy atom. The van der Waals surface area contributed by atoms with Gasteiger partial charge in [-0.25, -0.2) is 0 Å². The predicted octanol–water partition coefficient (Wildman–Crippen LogP) is 2.11. The summed E-state index contributed by atoms with van der Waals surface area (Å²) in [6.07, 6.45) is 8.58. The van der Waals surface area contributed by atoms with E-state index in [1.165, 1.54) is 0 Å². The van der Waals surface area contributed by atoms with E-state index < -0.39 is 5.60 Å². The van der Waals surface area contributed by atoms with Crippen LogP contribution in [0.1, 0.15) is 20.3 Å². The van der Waals surface area contributed by atoms with Crippen LogP contribution in [-0.4, -0.2) is 18.0 Å². The third kappa shape index (κ3) is 1.25. The summed E-state index contributed by atoms with van der Waals surface area (Å²) >= 11 is 0. The maximum absolute atomic E-state index is 11.6. The van der Waals surface area contributed by atoms with Crippen LogP contribution in [0.15, 0.2) is 24.3 Å². The molecule has 0 radical (unpaired) electrons. The number of carbonyl (C=O) groups excluding carboxylic acids is 1. The monoisotopic (exact) mass is 192 g/mol. The van der Waals surface area contributed by atoms with E-state index in [4.69, 9.17) is 4.74 Å². The summed E-state index contributed by atoms with van der Waals surface area (Å²) in [6.45, 7) is 4.94. The molecular formula is C12H16O2. The molecule has 3 unspecified atom stereocenters. The standard InChI is InChI=1S/C12H16O2/c1-3-9(2)8-14-12-7-6-10(12)4-5-11(12)13/h4-7,9-10H,3,8H2,1-2H3. The molecule has 0 N–H and O–H groups in total. The highest BCUT2D eigenvalue weighted by Crippen LogP contribution is 2.41. The van der Waals surface area contributed by atoms with Crippen LogP contribution in [0.25, 0.3) is 0 Å². The van der Waals surface area contributed by atoms with Gasteiger partial charge in [0.1, 0.15) is 0 Å². The fourth-order valence-electron chi connectivity index (χ4n) is 1.77. The Morgan fingerprint density at radius 1 is 1.57 bits per heavy atom. The molecule has 0 bridgehead atoms. The fourth-order valence-corrected chi connectivity index (χ4v) is 1.77. The molecule has 14 heavy (non-hydrogen) atoms. The average Bonchev–Trinajstić information content (AvgIpc) is 2.36. The van der Waals surface area contributed by atoms with Crippen molar-refractivity contribution in [3.63, 3.8) is 0 Å². The molecule has 0 aromatic carbocycles. The van der Waals surface area contributed by atoms with E-state index in [0.717, 1.165) is 6.42 Å². The second-order valence-electron chi connectivity index (χ2n) is 4.23. The van der Waals surface area contributed by atoms with Crippen LogP contribution in [-0.2, 0) is 9.53 Å². The van der Waals surface area contributed by atoms with E-state index in [1.54, 1.807) is 6.08 Å². The number of fused-ring (bicyclic) bond motifs is 1. The van der Waals surface area contributed by atoms with E-state index in [9.17, 15) is 4.79 Å². The van der Waals surface area contributed by atoms with Gasteiger partial charge >= 0.3 is 0 Å². The number of ketones is 1. The molecule has 2 heteroatoms. The number of hydrogen-bond acceptors (Lipinski definition) is 2. The van der Waals surface area contributed by atoms with Gasteiger partial charge in [-0.15, -0.1) is 0 Å². The lowest BCUT2D eigenvalue weighted by Gasteiger charge is -2.36. The minimum atomic E-state index is -0.608. The van der Waals surface area contributed by atoms with E-state index in [-0.39, 0.29) is 11.7 Å². The van der Waals surface area contributed by atoms with Crippen molar-refractivity contribution in [2.45, 2.75) is 25.9 Å². The summed E-state index contributed by atoms with van der Waals surface area (Å²) in [4.78, 5) is 11.6. The first-order valence-electron chi connectivity index (χ1n) is 5.25. The quantitative estimate of drug-likeness (QED) is 0.638. The second kappa shape index (κ2) is 3.35. The first-order chi connectivity index (χ1) is 6.69. The van der Waals surface area contributed by atoms with Crippen LogP contribution in [0, 0.1) is 11.8 Å². The first kappa shape index (κ1) is 9.66. The zero-order valence-corrected chi connectivity index (χ0v) is 8.69. The Bertz CT molecular complexity index is 303. The lowest BCUT2D eigenvalue weighted by atomic mass is 9.79. The molecule has 2 aliphatic rings. The van der Waals surface area contributed by atoms with Crippen molar-refractivity contribution in [1.82, 2.24) is 0 Å². The lowest BCUT2D eigenvalue weighted by Crippen LogP contribution is -2.47. The number of rotatable bonds is 4. The largest absolute Gasteiger partial charge is 0.361 e. The van der Waals surface area contributed by atoms with E-state index in [0.29, 0.717) is 12.5 Å². The SMILES string of the molecule is CCC(C)COC12C=CC1C=CC2=O. The van der Waals surface area contributed by atoms with E-state index in [1.807, 2.05) is 18.2 Å². The van der Waals surface area contributed by atoms with Gasteiger partial charge in [0.2, 0.25) is 0 Å². The van der Waals surface area contributed by atoms with Crippen molar-refractivity contribution in [1.29, 1.82) is 0 Å². The van der Waals surface area contributed by atoms with Gasteiger partial charge in [-0.1, -0.05) is 32.4 Å². The summed E-state index contributed by atoms with van der Waals surface area (Å²) in [7, 11) is 0. The molecule has 76 valence electrons. The highest BCUT2D eigenvalue weighted by Gasteiger charge is 2.50. The first-order valence-corrected chi connectivity index (χ1v) is 5.25. The highest BCUT2D eigenvalue weighted by atomic mass is 16.5. The average molecular weight is 192 g/mol. The van der Waals surface area contributed by atoms with Gasteiger partial charge in [0.15, 0.2) is 11.4 Å². The molecule has 0 aliphatic heterocycles. The van der Waals surface area contributed by atoms with Crippen LogP contribution >= 0.6 is 0 Å². The molecule has 0 aromatic rings. The summed E-state index contributed by atoms with van der Waals surface area (Å²) in [5, 5.41) is 0. The Labute approximate surface area is 84.6 Å². The predicted molar refractivity (Wildman–Crippen MR) is 54.9 cm³/mol. The molecule has 0 amide bonds. The molecule has 2 nitrogen and oxygen atoms in total. The van der Waals surface area contributed by atoms with Crippen LogP contribution < -0.4 is 0 Å². The van der Waals surface area contributed by atoms with Crippen LogP contribution in [0.2, 0.25) is 0 Å². The smallest absolute Gasteiger partial charge is 0.192 e. The van der Waals surface area contributed by atoms with Gasteiger partial charge in [-0.2, -0.15) is 0 Å². The molecule has 0 saturated carbocycles. The fraction of sp³-hybridized carbons (Fsp3) is 0.583. The Hall–Kier alpha value is -0.890. The third-order valence-electron chi connectivity index (χ3n) is 3.19. The molecule has 2 aliphatic carbocycles. The maximum Gasteiger partial charge on any atom is 0.192 e. The normalized spacial score (nSPS) is 35.6. The molecule has 3 atom stereocenters. The summed E-state index contributed by atoms with van der Waals surface area (Å²) in [6, 6.07) is 0. The lowest BCUT2D eigenvalue weighted by molar-refractivity contribution is -0.138. The van der Waals surface area contributed by atoms with Crippen molar-refractivity contribution in [3.05, 3.63) is 24.3 Å². The molecule has 0 fully saturated rings. The maximum atomic E-state index is 11.6. The zero-order valence-electron chi connectivity index (χ0n) is 8.69. The van der Waals surface area contributed by atoms with Gasteiger partial charge in [-0.05, 0) is 18.1 Å². The Kier molecular flexibility index (Phi) is 2.31. The van der Waals surface area contributed by atoms with Gasteiger partial charge in [0.25, 0.3) is 0 Å². The van der Waals surface area contributed by atoms with Crippen LogP contribution in [0.5, 0.6) is 0 Å². The van der Waals surface area contributed by atoms with Crippen LogP contribution in [0.3, 0.4) is 0 Å². The molecular weight excluding hydrogens is 176 g/mol. The Balaban J connectivity index is 1.98. The van der Waals surface area contributed by atoms with Crippen molar-refractivity contribution >= 4 is 5.78 Å². The van der Waals surface area contributed by atoms with Gasteiger partial charge < -0.3 is 4.74 Å². The van der Waals surface area contributed by atoms with Gasteiger partial charge in [0.05, 0.1) is 6.61 Å². The van der Waals surface area contributed by atoms with Crippen LogP contribution in [0.4, 0.5) is 0 Å². The van der Waals surface area contributed by atoms with Gasteiger partial charge in [-0.3, -0.25) is 4.79 Å². The second-order valence-corrected chi connectivity index (χ2v) is 4.23. The minimum absolute atomic E-state index is 0.105. The van der Waals surface area contributed by atoms with E-state index >= 15 is 0 Å². The molecule has 0 aromatic heterocycles. The number of hydrogen-bond donors (Lipinski definition) is 0. The molecule has 0 spiro atoms. The van der Waals surface area contributed by atoms with E-state index in [2.05, 4.69) is 13.8 Å². The summed E-state index contributed by atoms with van der Waals surface area (Å²) < 4.78 is 5.76. The molecule has 0 heterocycles. The Morgan fingerprint density at radius 3 is 2.86 bits per heavy atom. The molecule has 2 rings (SSSR count). The van der Waals surface area contributed by atoms with Crippen molar-refractivity contribution in [2.75, 3.05) is 6.61 Å². The minimum Gasteiger partial charge on any atom is -0.361 e. The van der Waals surface area contributed by atoms with Gasteiger partial charge in [0, 0.05) is 5.92 Å². The number of ether oxygens (including phenoxy) is 1. The van der Waals surface area contributed by atoms with Crippen molar-refractivity contribution in [2.24, 2.45) is 11.8 Å². The van der Waals surface area contributed by atoms with Crippen molar-refractivity contribution in [3.8, 4) is 0 Å². The van der Waals surface area contributed by atoms with Crippen molar-refractivity contribution < 1.29 is 9.53 Å². The summed E-state index contributed by atoms with van der Waals surface area (Å²) in [5.74, 6) is 0.819. The summed E-state index contributed by atoms with van der Waals surface area (Å²) in [5.41, 5.74) is -0.608. The highest BCUT2D eigenvalue weighted by molar-refractivity contribution is 6.03. The number of carbonyl (C=O) groups is 1. The topological polar surface area (TPSA) is 26.3 Å². The zero-order chi connectivity index (χ0) is 10.2. The molecule has 0 saturated heterocycles.